The minimum Gasteiger partial charge on any atom is -0.342 e. The molecule has 7 heteroatoms. The molecule has 1 aliphatic heterocycles. The van der Waals surface area contributed by atoms with Gasteiger partial charge in [-0.05, 0) is 23.6 Å². The quantitative estimate of drug-likeness (QED) is 0.498. The summed E-state index contributed by atoms with van der Waals surface area (Å²) in [6, 6.07) is 7.71. The van der Waals surface area contributed by atoms with Crippen LogP contribution in [0.4, 0.5) is 14.5 Å². The molecule has 1 saturated heterocycles. The lowest BCUT2D eigenvalue weighted by atomic mass is 10.0. The first-order valence-corrected chi connectivity index (χ1v) is 7.71. The molecule has 4 N–H and O–H groups in total. The Morgan fingerprint density at radius 2 is 1.70 bits per heavy atom. The molecule has 5 nitrogen and oxygen atoms in total. The predicted octanol–water partition coefficient (Wildman–Crippen LogP) is 3.41. The summed E-state index contributed by atoms with van der Waals surface area (Å²) >= 11 is 0. The summed E-state index contributed by atoms with van der Waals surface area (Å²) in [7, 11) is 0. The minimum atomic E-state index is -2.64. The van der Waals surface area contributed by atoms with Gasteiger partial charge in [-0.1, -0.05) is 26.0 Å². The van der Waals surface area contributed by atoms with Crippen molar-refractivity contribution in [1.29, 1.82) is 10.8 Å². The molecular formula is C16H23F2N5. The van der Waals surface area contributed by atoms with Gasteiger partial charge in [0.15, 0.2) is 11.9 Å². The Kier molecular flexibility index (Phi) is 5.18. The number of guanidine groups is 2. The molecular weight excluding hydrogens is 300 g/mol. The predicted molar refractivity (Wildman–Crippen MR) is 88.5 cm³/mol. The lowest BCUT2D eigenvalue weighted by Crippen LogP contribution is -2.50. The zero-order valence-electron chi connectivity index (χ0n) is 13.4. The number of alkyl halides is 2. The molecule has 0 bridgehead atoms. The zero-order chi connectivity index (χ0) is 17.0. The van der Waals surface area contributed by atoms with E-state index in [0.29, 0.717) is 5.92 Å². The van der Waals surface area contributed by atoms with E-state index in [-0.39, 0.29) is 37.9 Å². The molecule has 1 aromatic rings. The van der Waals surface area contributed by atoms with E-state index in [4.69, 9.17) is 10.8 Å². The number of hydrogen-bond donors (Lipinski definition) is 4. The molecule has 1 fully saturated rings. The van der Waals surface area contributed by atoms with Crippen LogP contribution in [0.3, 0.4) is 0 Å². The van der Waals surface area contributed by atoms with Gasteiger partial charge < -0.3 is 10.2 Å². The van der Waals surface area contributed by atoms with E-state index in [2.05, 4.69) is 24.5 Å². The summed E-state index contributed by atoms with van der Waals surface area (Å²) in [6.07, 6.45) is -0.511. The molecule has 0 saturated carbocycles. The molecule has 0 atom stereocenters. The summed E-state index contributed by atoms with van der Waals surface area (Å²) in [4.78, 5) is 1.52. The third kappa shape index (κ3) is 4.91. The van der Waals surface area contributed by atoms with Crippen molar-refractivity contribution in [3.05, 3.63) is 29.8 Å². The van der Waals surface area contributed by atoms with Crippen LogP contribution in [0, 0.1) is 10.8 Å². The maximum atomic E-state index is 13.1. The van der Waals surface area contributed by atoms with E-state index in [1.807, 2.05) is 24.3 Å². The van der Waals surface area contributed by atoms with E-state index in [1.165, 1.54) is 10.5 Å². The first-order chi connectivity index (χ1) is 10.8. The smallest absolute Gasteiger partial charge is 0.251 e. The van der Waals surface area contributed by atoms with Crippen molar-refractivity contribution in [2.45, 2.75) is 38.5 Å². The Bertz CT molecular complexity index is 558. The number of anilines is 1. The van der Waals surface area contributed by atoms with Crippen molar-refractivity contribution >= 4 is 17.6 Å². The highest BCUT2D eigenvalue weighted by Crippen LogP contribution is 2.27. The number of nitrogens with one attached hydrogen (secondary N) is 4. The summed E-state index contributed by atoms with van der Waals surface area (Å²) in [6.45, 7) is 4.45. The third-order valence-corrected chi connectivity index (χ3v) is 3.90. The molecule has 1 aromatic carbocycles. The normalized spacial score (nSPS) is 17.0. The summed E-state index contributed by atoms with van der Waals surface area (Å²) in [5.41, 5.74) is 1.95. The van der Waals surface area contributed by atoms with Gasteiger partial charge in [0.1, 0.15) is 0 Å². The largest absolute Gasteiger partial charge is 0.342 e. The molecule has 23 heavy (non-hydrogen) atoms. The molecule has 1 aliphatic rings. The minimum absolute atomic E-state index is 0.0307. The van der Waals surface area contributed by atoms with E-state index >= 15 is 0 Å². The fourth-order valence-electron chi connectivity index (χ4n) is 2.38. The number of benzene rings is 1. The van der Waals surface area contributed by atoms with E-state index in [9.17, 15) is 8.78 Å². The van der Waals surface area contributed by atoms with Crippen molar-refractivity contribution in [3.63, 3.8) is 0 Å². The molecule has 0 aromatic heterocycles. The Labute approximate surface area is 135 Å². The highest BCUT2D eigenvalue weighted by Gasteiger charge is 2.34. The monoisotopic (exact) mass is 323 g/mol. The number of likely N-dealkylation sites (tertiary alicyclic amines) is 1. The SMILES string of the molecule is CC(C)c1ccc(NC(=N)NC(=N)N2CCC(F)(F)CC2)cc1. The molecule has 0 amide bonds. The van der Waals surface area contributed by atoms with Gasteiger partial charge in [-0.25, -0.2) is 8.78 Å². The van der Waals surface area contributed by atoms with Gasteiger partial charge in [-0.2, -0.15) is 0 Å². The van der Waals surface area contributed by atoms with E-state index < -0.39 is 5.92 Å². The van der Waals surface area contributed by atoms with Gasteiger partial charge in [-0.3, -0.25) is 16.1 Å². The second-order valence-corrected chi connectivity index (χ2v) is 6.09. The van der Waals surface area contributed by atoms with Crippen LogP contribution in [-0.2, 0) is 0 Å². The average molecular weight is 323 g/mol. The topological polar surface area (TPSA) is 75.0 Å². The van der Waals surface area contributed by atoms with Gasteiger partial charge in [0.05, 0.1) is 0 Å². The number of nitrogens with zero attached hydrogens (tertiary/aromatic N) is 1. The number of halogens is 2. The Hall–Kier alpha value is -2.18. The fourth-order valence-corrected chi connectivity index (χ4v) is 2.38. The number of hydrogen-bond acceptors (Lipinski definition) is 2. The van der Waals surface area contributed by atoms with E-state index in [1.54, 1.807) is 0 Å². The van der Waals surface area contributed by atoms with Crippen molar-refractivity contribution < 1.29 is 8.78 Å². The molecule has 126 valence electrons. The van der Waals surface area contributed by atoms with Crippen molar-refractivity contribution in [3.8, 4) is 0 Å². The van der Waals surface area contributed by atoms with Crippen LogP contribution in [0.2, 0.25) is 0 Å². The molecule has 0 radical (unpaired) electrons. The summed E-state index contributed by atoms with van der Waals surface area (Å²) in [5.74, 6) is -2.28. The summed E-state index contributed by atoms with van der Waals surface area (Å²) in [5, 5.41) is 21.2. The maximum absolute atomic E-state index is 13.1. The first kappa shape index (κ1) is 17.2. The van der Waals surface area contributed by atoms with Crippen molar-refractivity contribution in [2.75, 3.05) is 18.4 Å². The number of rotatable bonds is 2. The van der Waals surface area contributed by atoms with Crippen LogP contribution in [0.5, 0.6) is 0 Å². The fraction of sp³-hybridized carbons (Fsp3) is 0.500. The molecule has 0 unspecified atom stereocenters. The number of piperidine rings is 1. The highest BCUT2D eigenvalue weighted by molar-refractivity contribution is 6.02. The molecule has 2 rings (SSSR count). The van der Waals surface area contributed by atoms with Crippen LogP contribution in [0.25, 0.3) is 0 Å². The first-order valence-electron chi connectivity index (χ1n) is 7.71. The second kappa shape index (κ2) is 6.93. The van der Waals surface area contributed by atoms with Gasteiger partial charge in [0.2, 0.25) is 0 Å². The van der Waals surface area contributed by atoms with Crippen LogP contribution in [-0.4, -0.2) is 35.8 Å². The second-order valence-electron chi connectivity index (χ2n) is 6.09. The third-order valence-electron chi connectivity index (χ3n) is 3.90. The Morgan fingerprint density at radius 3 is 2.22 bits per heavy atom. The van der Waals surface area contributed by atoms with Crippen LogP contribution in [0.1, 0.15) is 38.2 Å². The zero-order valence-corrected chi connectivity index (χ0v) is 13.4. The molecule has 0 spiro atoms. The Balaban J connectivity index is 1.83. The lowest BCUT2D eigenvalue weighted by Gasteiger charge is -2.33. The lowest BCUT2D eigenvalue weighted by molar-refractivity contribution is -0.0438. The van der Waals surface area contributed by atoms with Gasteiger partial charge in [-0.15, -0.1) is 0 Å². The molecule has 0 aliphatic carbocycles. The molecule has 1 heterocycles. The van der Waals surface area contributed by atoms with Gasteiger partial charge >= 0.3 is 0 Å². The van der Waals surface area contributed by atoms with Crippen molar-refractivity contribution in [1.82, 2.24) is 10.2 Å². The average Bonchev–Trinajstić information content (AvgIpc) is 2.47. The van der Waals surface area contributed by atoms with Crippen LogP contribution in [0.15, 0.2) is 24.3 Å². The van der Waals surface area contributed by atoms with E-state index in [0.717, 1.165) is 5.69 Å². The van der Waals surface area contributed by atoms with Crippen LogP contribution >= 0.6 is 0 Å². The highest BCUT2D eigenvalue weighted by atomic mass is 19.3. The maximum Gasteiger partial charge on any atom is 0.251 e. The standard InChI is InChI=1S/C16H23F2N5/c1-11(2)12-3-5-13(6-4-12)21-14(19)22-15(20)23-9-7-16(17,18)8-10-23/h3-6,11H,7-10H2,1-2H3,(H4,19,20,21,22). The van der Waals surface area contributed by atoms with Crippen molar-refractivity contribution in [2.24, 2.45) is 0 Å². The Morgan fingerprint density at radius 1 is 1.13 bits per heavy atom. The van der Waals surface area contributed by atoms with Crippen LogP contribution < -0.4 is 10.6 Å². The van der Waals surface area contributed by atoms with Gasteiger partial charge in [0, 0.05) is 31.6 Å². The summed E-state index contributed by atoms with van der Waals surface area (Å²) < 4.78 is 26.2. The van der Waals surface area contributed by atoms with Gasteiger partial charge in [0.25, 0.3) is 5.92 Å².